The molecule has 2 N–H and O–H groups in total. The number of nitrogens with zero attached hydrogens (tertiary/aromatic N) is 1. The van der Waals surface area contributed by atoms with E-state index in [1.165, 1.54) is 11.1 Å². The van der Waals surface area contributed by atoms with Crippen LogP contribution in [-0.2, 0) is 16.6 Å². The van der Waals surface area contributed by atoms with Gasteiger partial charge in [-0.05, 0) is 42.2 Å². The van der Waals surface area contributed by atoms with Crippen LogP contribution in [0.3, 0.4) is 0 Å². The van der Waals surface area contributed by atoms with Crippen LogP contribution < -0.4 is 15.4 Å². The summed E-state index contributed by atoms with van der Waals surface area (Å²) in [6.45, 7) is 3.01. The first-order valence-electron chi connectivity index (χ1n) is 10.2. The van der Waals surface area contributed by atoms with E-state index in [4.69, 9.17) is 21.1 Å². The number of ether oxygens (including phenoxy) is 2. The number of benzene rings is 2. The zero-order valence-electron chi connectivity index (χ0n) is 17.2. The second kappa shape index (κ2) is 10.7. The Morgan fingerprint density at radius 2 is 1.93 bits per heavy atom. The Balaban J connectivity index is 0.00000256. The van der Waals surface area contributed by atoms with Crippen LogP contribution in [0.2, 0.25) is 5.02 Å². The summed E-state index contributed by atoms with van der Waals surface area (Å²) in [5.74, 6) is 1.78. The highest BCUT2D eigenvalue weighted by atomic mass is 127. The molecule has 0 aliphatic carbocycles. The molecular weight excluding hydrogens is 513 g/mol. The highest BCUT2D eigenvalue weighted by Gasteiger charge is 2.35. The van der Waals surface area contributed by atoms with Crippen molar-refractivity contribution in [3.05, 3.63) is 64.7 Å². The molecule has 4 rings (SSSR count). The number of rotatable bonds is 5. The average molecular weight is 542 g/mol. The predicted octanol–water partition coefficient (Wildman–Crippen LogP) is 4.17. The van der Waals surface area contributed by atoms with Gasteiger partial charge >= 0.3 is 0 Å². The Hall–Kier alpha value is -1.51. The zero-order chi connectivity index (χ0) is 20.1. The van der Waals surface area contributed by atoms with E-state index in [0.29, 0.717) is 6.54 Å². The smallest absolute Gasteiger partial charge is 0.191 e. The lowest BCUT2D eigenvalue weighted by Crippen LogP contribution is -2.49. The molecule has 2 heterocycles. The number of fused-ring (bicyclic) bond motifs is 1. The van der Waals surface area contributed by atoms with Gasteiger partial charge in [0, 0.05) is 43.7 Å². The number of para-hydroxylation sites is 1. The maximum Gasteiger partial charge on any atom is 0.191 e. The van der Waals surface area contributed by atoms with Gasteiger partial charge in [0.2, 0.25) is 0 Å². The number of aliphatic imine (C=N–C) groups is 1. The zero-order valence-corrected chi connectivity index (χ0v) is 20.3. The molecule has 2 aliphatic heterocycles. The fraction of sp³-hybridized carbons (Fsp3) is 0.435. The van der Waals surface area contributed by atoms with Crippen molar-refractivity contribution >= 4 is 41.5 Å². The lowest BCUT2D eigenvalue weighted by Gasteiger charge is -2.38. The largest absolute Gasteiger partial charge is 0.488 e. The van der Waals surface area contributed by atoms with Crippen molar-refractivity contribution in [2.75, 3.05) is 33.4 Å². The van der Waals surface area contributed by atoms with Crippen molar-refractivity contribution in [3.8, 4) is 5.75 Å². The lowest BCUT2D eigenvalue weighted by atomic mass is 9.74. The topological polar surface area (TPSA) is 54.9 Å². The first-order valence-corrected chi connectivity index (χ1v) is 10.6. The van der Waals surface area contributed by atoms with Gasteiger partial charge in [-0.3, -0.25) is 4.99 Å². The van der Waals surface area contributed by atoms with Crippen LogP contribution in [0.5, 0.6) is 5.75 Å². The van der Waals surface area contributed by atoms with Crippen LogP contribution in [0.1, 0.15) is 24.0 Å². The monoisotopic (exact) mass is 541 g/mol. The van der Waals surface area contributed by atoms with E-state index in [1.807, 2.05) is 24.3 Å². The van der Waals surface area contributed by atoms with Gasteiger partial charge < -0.3 is 20.1 Å². The minimum Gasteiger partial charge on any atom is -0.488 e. The van der Waals surface area contributed by atoms with Crippen LogP contribution in [0.4, 0.5) is 0 Å². The Morgan fingerprint density at radius 3 is 2.67 bits per heavy atom. The van der Waals surface area contributed by atoms with Crippen molar-refractivity contribution in [1.82, 2.24) is 10.6 Å². The molecule has 1 saturated heterocycles. The molecule has 0 spiro atoms. The van der Waals surface area contributed by atoms with Crippen LogP contribution in [-0.4, -0.2) is 45.4 Å². The van der Waals surface area contributed by atoms with Crippen LogP contribution in [0.15, 0.2) is 53.5 Å². The molecule has 7 heteroatoms. The summed E-state index contributed by atoms with van der Waals surface area (Å²) in [5.41, 5.74) is 2.51. The number of hydrogen-bond acceptors (Lipinski definition) is 3. The third-order valence-corrected chi connectivity index (χ3v) is 6.15. The van der Waals surface area contributed by atoms with Crippen LogP contribution in [0, 0.1) is 0 Å². The molecule has 1 fully saturated rings. The van der Waals surface area contributed by atoms with Gasteiger partial charge in [-0.25, -0.2) is 0 Å². The number of nitrogens with one attached hydrogen (secondary N) is 2. The second-order valence-electron chi connectivity index (χ2n) is 7.76. The maximum atomic E-state index is 6.28. The van der Waals surface area contributed by atoms with E-state index in [0.717, 1.165) is 55.8 Å². The Bertz CT molecular complexity index is 846. The molecule has 2 aromatic rings. The summed E-state index contributed by atoms with van der Waals surface area (Å²) in [5, 5.41) is 7.72. The second-order valence-corrected chi connectivity index (χ2v) is 8.20. The fourth-order valence-electron chi connectivity index (χ4n) is 4.20. The maximum absolute atomic E-state index is 6.28. The van der Waals surface area contributed by atoms with Gasteiger partial charge in [0.15, 0.2) is 5.96 Å². The highest BCUT2D eigenvalue weighted by Crippen LogP contribution is 2.35. The minimum absolute atomic E-state index is 0. The van der Waals surface area contributed by atoms with Gasteiger partial charge in [0.05, 0.1) is 6.54 Å². The summed E-state index contributed by atoms with van der Waals surface area (Å²) < 4.78 is 11.7. The lowest BCUT2D eigenvalue weighted by molar-refractivity contribution is 0.0514. The standard InChI is InChI=1S/C23H28ClN3O2.HI/c1-25-22(26-15-20-13-17-5-2-3-8-21(17)29-20)27-16-23(9-11-28-12-10-23)18-6-4-7-19(24)14-18;/h2-8,14,20H,9-13,15-16H2,1H3,(H2,25,26,27);1H. The van der Waals surface area contributed by atoms with E-state index < -0.39 is 0 Å². The van der Waals surface area contributed by atoms with Gasteiger partial charge in [-0.2, -0.15) is 0 Å². The predicted molar refractivity (Wildman–Crippen MR) is 133 cm³/mol. The SMILES string of the molecule is CN=C(NCC1Cc2ccccc2O1)NCC1(c2cccc(Cl)c2)CCOCC1.I. The minimum atomic E-state index is -0.0130. The van der Waals surface area contributed by atoms with E-state index in [1.54, 1.807) is 7.05 Å². The molecule has 5 nitrogen and oxygen atoms in total. The average Bonchev–Trinajstić information content (AvgIpc) is 3.17. The quantitative estimate of drug-likeness (QED) is 0.339. The Kier molecular flexibility index (Phi) is 8.25. The molecule has 2 aliphatic rings. The van der Waals surface area contributed by atoms with Crippen LogP contribution >= 0.6 is 35.6 Å². The van der Waals surface area contributed by atoms with Crippen molar-refractivity contribution < 1.29 is 9.47 Å². The first-order chi connectivity index (χ1) is 14.2. The van der Waals surface area contributed by atoms with Gasteiger partial charge in [0.25, 0.3) is 0 Å². The third kappa shape index (κ3) is 5.39. The summed E-state index contributed by atoms with van der Waals surface area (Å²) in [6.07, 6.45) is 2.96. The van der Waals surface area contributed by atoms with Crippen LogP contribution in [0.25, 0.3) is 0 Å². The number of guanidine groups is 1. The van der Waals surface area contributed by atoms with Crippen molar-refractivity contribution in [3.63, 3.8) is 0 Å². The summed E-state index contributed by atoms with van der Waals surface area (Å²) in [7, 11) is 1.80. The molecule has 0 aromatic heterocycles. The summed E-state index contributed by atoms with van der Waals surface area (Å²) >= 11 is 6.28. The summed E-state index contributed by atoms with van der Waals surface area (Å²) in [6, 6.07) is 16.4. The summed E-state index contributed by atoms with van der Waals surface area (Å²) in [4.78, 5) is 4.41. The van der Waals surface area contributed by atoms with Crippen molar-refractivity contribution in [2.24, 2.45) is 4.99 Å². The Morgan fingerprint density at radius 1 is 1.13 bits per heavy atom. The molecule has 162 valence electrons. The molecule has 0 saturated carbocycles. The molecule has 2 aromatic carbocycles. The van der Waals surface area contributed by atoms with E-state index in [9.17, 15) is 0 Å². The number of hydrogen-bond donors (Lipinski definition) is 2. The fourth-order valence-corrected chi connectivity index (χ4v) is 4.39. The first kappa shape index (κ1) is 23.2. The molecule has 1 unspecified atom stereocenters. The third-order valence-electron chi connectivity index (χ3n) is 5.92. The molecule has 0 radical (unpaired) electrons. The van der Waals surface area contributed by atoms with Crippen molar-refractivity contribution in [2.45, 2.75) is 30.8 Å². The van der Waals surface area contributed by atoms with Gasteiger partial charge in [-0.15, -0.1) is 24.0 Å². The molecule has 0 amide bonds. The molecule has 30 heavy (non-hydrogen) atoms. The normalized spacial score (nSPS) is 19.9. The van der Waals surface area contributed by atoms with Gasteiger partial charge in [0.1, 0.15) is 11.9 Å². The van der Waals surface area contributed by atoms with E-state index >= 15 is 0 Å². The molecule has 1 atom stereocenters. The number of halogens is 2. The van der Waals surface area contributed by atoms with Gasteiger partial charge in [-0.1, -0.05) is 41.9 Å². The Labute approximate surface area is 200 Å². The van der Waals surface area contributed by atoms with E-state index in [-0.39, 0.29) is 35.5 Å². The molecule has 0 bridgehead atoms. The van der Waals surface area contributed by atoms with Crippen molar-refractivity contribution in [1.29, 1.82) is 0 Å². The van der Waals surface area contributed by atoms with E-state index in [2.05, 4.69) is 39.9 Å². The highest BCUT2D eigenvalue weighted by molar-refractivity contribution is 14.0. The molecular formula is C23H29ClIN3O2.